The molecule has 0 aliphatic carbocycles. The summed E-state index contributed by atoms with van der Waals surface area (Å²) in [6.45, 7) is 5.15. The molecule has 2 aliphatic heterocycles. The predicted molar refractivity (Wildman–Crippen MR) is 71.8 cm³/mol. The molecule has 3 heteroatoms. The molecule has 2 aliphatic rings. The van der Waals surface area contributed by atoms with Crippen LogP contribution in [0.5, 0.6) is 11.5 Å². The van der Waals surface area contributed by atoms with Crippen molar-refractivity contribution in [2.45, 2.75) is 32.1 Å². The molecule has 0 aromatic heterocycles. The number of benzene rings is 1. The Morgan fingerprint density at radius 3 is 2.83 bits per heavy atom. The lowest BCUT2D eigenvalue weighted by molar-refractivity contribution is 0.355. The van der Waals surface area contributed by atoms with Crippen molar-refractivity contribution in [1.29, 1.82) is 0 Å². The van der Waals surface area contributed by atoms with Gasteiger partial charge in [0.25, 0.3) is 0 Å². The van der Waals surface area contributed by atoms with Crippen molar-refractivity contribution < 1.29 is 9.47 Å². The summed E-state index contributed by atoms with van der Waals surface area (Å²) >= 11 is 0. The van der Waals surface area contributed by atoms with Crippen LogP contribution >= 0.6 is 0 Å². The fourth-order valence-corrected chi connectivity index (χ4v) is 3.29. The molecule has 1 aromatic rings. The van der Waals surface area contributed by atoms with E-state index < -0.39 is 0 Å². The Hall–Kier alpha value is -1.22. The average molecular weight is 247 g/mol. The van der Waals surface area contributed by atoms with E-state index in [1.54, 1.807) is 7.11 Å². The molecular formula is C15H21NO2. The highest BCUT2D eigenvalue weighted by Crippen LogP contribution is 2.43. The second-order valence-corrected chi connectivity index (χ2v) is 5.24. The summed E-state index contributed by atoms with van der Waals surface area (Å²) in [5.41, 5.74) is 4.02. The fourth-order valence-electron chi connectivity index (χ4n) is 3.29. The second-order valence-electron chi connectivity index (χ2n) is 5.24. The summed E-state index contributed by atoms with van der Waals surface area (Å²) in [6, 6.07) is 2.13. The van der Waals surface area contributed by atoms with Crippen LogP contribution in [0.3, 0.4) is 0 Å². The zero-order valence-electron chi connectivity index (χ0n) is 11.2. The molecule has 0 spiro atoms. The van der Waals surface area contributed by atoms with Crippen LogP contribution in [-0.4, -0.2) is 26.8 Å². The van der Waals surface area contributed by atoms with Gasteiger partial charge in [-0.1, -0.05) is 0 Å². The standard InChI is InChI=1S/C15H21NO2/c1-10-9-13-12(5-8-18-13)14(15(10)17-2)11-3-6-16-7-4-11/h9,11,16H,3-8H2,1-2H3. The molecule has 0 bridgehead atoms. The van der Waals surface area contributed by atoms with Crippen LogP contribution in [0.2, 0.25) is 0 Å². The van der Waals surface area contributed by atoms with Crippen molar-refractivity contribution in [1.82, 2.24) is 5.32 Å². The minimum Gasteiger partial charge on any atom is -0.496 e. The van der Waals surface area contributed by atoms with Crippen molar-refractivity contribution in [2.75, 3.05) is 26.8 Å². The number of nitrogens with one attached hydrogen (secondary N) is 1. The molecule has 0 atom stereocenters. The lowest BCUT2D eigenvalue weighted by Gasteiger charge is -2.27. The zero-order valence-corrected chi connectivity index (χ0v) is 11.2. The van der Waals surface area contributed by atoms with Gasteiger partial charge in [0.15, 0.2) is 0 Å². The second kappa shape index (κ2) is 4.81. The maximum atomic E-state index is 5.74. The van der Waals surface area contributed by atoms with Gasteiger partial charge >= 0.3 is 0 Å². The Kier molecular flexibility index (Phi) is 3.16. The molecule has 1 saturated heterocycles. The first-order chi connectivity index (χ1) is 8.81. The van der Waals surface area contributed by atoms with Gasteiger partial charge in [-0.05, 0) is 50.4 Å². The van der Waals surface area contributed by atoms with Crippen LogP contribution in [0, 0.1) is 6.92 Å². The lowest BCUT2D eigenvalue weighted by atomic mass is 9.84. The maximum Gasteiger partial charge on any atom is 0.125 e. The van der Waals surface area contributed by atoms with E-state index in [-0.39, 0.29) is 0 Å². The first-order valence-corrected chi connectivity index (χ1v) is 6.85. The molecule has 98 valence electrons. The lowest BCUT2D eigenvalue weighted by Crippen LogP contribution is -2.27. The summed E-state index contributed by atoms with van der Waals surface area (Å²) in [6.07, 6.45) is 3.43. The van der Waals surface area contributed by atoms with Gasteiger partial charge in [0.2, 0.25) is 0 Å². The van der Waals surface area contributed by atoms with E-state index >= 15 is 0 Å². The Balaban J connectivity index is 2.09. The SMILES string of the molecule is COc1c(C)cc2c(c1C1CCNCC1)CCO2. The molecule has 0 unspecified atom stereocenters. The normalized spacial score (nSPS) is 19.4. The van der Waals surface area contributed by atoms with Crippen LogP contribution in [0.4, 0.5) is 0 Å². The number of fused-ring (bicyclic) bond motifs is 1. The van der Waals surface area contributed by atoms with E-state index in [2.05, 4.69) is 18.3 Å². The van der Waals surface area contributed by atoms with Gasteiger partial charge in [-0.2, -0.15) is 0 Å². The number of hydrogen-bond donors (Lipinski definition) is 1. The topological polar surface area (TPSA) is 30.5 Å². The third-order valence-electron chi connectivity index (χ3n) is 4.13. The Bertz CT molecular complexity index is 447. The molecule has 1 fully saturated rings. The number of piperidine rings is 1. The third kappa shape index (κ3) is 1.87. The third-order valence-corrected chi connectivity index (χ3v) is 4.13. The smallest absolute Gasteiger partial charge is 0.125 e. The Morgan fingerprint density at radius 1 is 1.33 bits per heavy atom. The highest BCUT2D eigenvalue weighted by Gasteiger charge is 2.28. The highest BCUT2D eigenvalue weighted by atomic mass is 16.5. The molecule has 0 amide bonds. The molecule has 3 rings (SSSR count). The first kappa shape index (κ1) is 11.8. The van der Waals surface area contributed by atoms with Gasteiger partial charge < -0.3 is 14.8 Å². The number of aryl methyl sites for hydroxylation is 1. The molecule has 0 saturated carbocycles. The molecule has 0 radical (unpaired) electrons. The summed E-state index contributed by atoms with van der Waals surface area (Å²) < 4.78 is 11.4. The van der Waals surface area contributed by atoms with E-state index in [0.717, 1.165) is 37.6 Å². The minimum atomic E-state index is 0.622. The Morgan fingerprint density at radius 2 is 2.11 bits per heavy atom. The summed E-state index contributed by atoms with van der Waals surface area (Å²) in [5.74, 6) is 2.80. The van der Waals surface area contributed by atoms with Crippen molar-refractivity contribution in [3.8, 4) is 11.5 Å². The van der Waals surface area contributed by atoms with Crippen LogP contribution in [0.1, 0.15) is 35.4 Å². The fraction of sp³-hybridized carbons (Fsp3) is 0.600. The van der Waals surface area contributed by atoms with Gasteiger partial charge in [-0.25, -0.2) is 0 Å². The van der Waals surface area contributed by atoms with Crippen LogP contribution in [-0.2, 0) is 6.42 Å². The van der Waals surface area contributed by atoms with Crippen LogP contribution in [0.15, 0.2) is 6.07 Å². The first-order valence-electron chi connectivity index (χ1n) is 6.85. The predicted octanol–water partition coefficient (Wildman–Crippen LogP) is 2.41. The van der Waals surface area contributed by atoms with Crippen LogP contribution < -0.4 is 14.8 Å². The number of rotatable bonds is 2. The molecular weight excluding hydrogens is 226 g/mol. The van der Waals surface area contributed by atoms with E-state index in [9.17, 15) is 0 Å². The van der Waals surface area contributed by atoms with Crippen molar-refractivity contribution in [3.05, 3.63) is 22.8 Å². The van der Waals surface area contributed by atoms with Crippen LogP contribution in [0.25, 0.3) is 0 Å². The Labute approximate surface area is 108 Å². The molecule has 2 heterocycles. The average Bonchev–Trinajstić information content (AvgIpc) is 2.85. The van der Waals surface area contributed by atoms with E-state index in [4.69, 9.17) is 9.47 Å². The molecule has 3 nitrogen and oxygen atoms in total. The summed E-state index contributed by atoms with van der Waals surface area (Å²) in [4.78, 5) is 0. The number of hydrogen-bond acceptors (Lipinski definition) is 3. The zero-order chi connectivity index (χ0) is 12.5. The highest BCUT2D eigenvalue weighted by molar-refractivity contribution is 5.56. The van der Waals surface area contributed by atoms with Gasteiger partial charge in [-0.15, -0.1) is 0 Å². The van der Waals surface area contributed by atoms with E-state index in [1.165, 1.54) is 29.5 Å². The summed E-state index contributed by atoms with van der Waals surface area (Å²) in [7, 11) is 1.79. The number of methoxy groups -OCH3 is 1. The molecule has 1 aromatic carbocycles. The largest absolute Gasteiger partial charge is 0.496 e. The monoisotopic (exact) mass is 247 g/mol. The van der Waals surface area contributed by atoms with Gasteiger partial charge in [-0.3, -0.25) is 0 Å². The van der Waals surface area contributed by atoms with Crippen molar-refractivity contribution in [3.63, 3.8) is 0 Å². The quantitative estimate of drug-likeness (QED) is 0.870. The minimum absolute atomic E-state index is 0.622. The van der Waals surface area contributed by atoms with E-state index in [1.807, 2.05) is 0 Å². The molecule has 1 N–H and O–H groups in total. The van der Waals surface area contributed by atoms with E-state index in [0.29, 0.717) is 5.92 Å². The molecule has 18 heavy (non-hydrogen) atoms. The van der Waals surface area contributed by atoms with Gasteiger partial charge in [0, 0.05) is 17.5 Å². The van der Waals surface area contributed by atoms with Crippen molar-refractivity contribution >= 4 is 0 Å². The van der Waals surface area contributed by atoms with Gasteiger partial charge in [0.05, 0.1) is 13.7 Å². The summed E-state index contributed by atoms with van der Waals surface area (Å²) in [5, 5.41) is 3.43. The number of ether oxygens (including phenoxy) is 2. The van der Waals surface area contributed by atoms with Crippen molar-refractivity contribution in [2.24, 2.45) is 0 Å². The maximum absolute atomic E-state index is 5.74. The van der Waals surface area contributed by atoms with Gasteiger partial charge in [0.1, 0.15) is 11.5 Å².